The summed E-state index contributed by atoms with van der Waals surface area (Å²) in [5.74, 6) is 0.527. The third kappa shape index (κ3) is 3.97. The number of nitrogens with zero attached hydrogens (tertiary/aromatic N) is 2. The summed E-state index contributed by atoms with van der Waals surface area (Å²) in [4.78, 5) is 21.5. The number of aromatic nitrogens is 2. The monoisotopic (exact) mass is 339 g/mol. The maximum absolute atomic E-state index is 12.4. The summed E-state index contributed by atoms with van der Waals surface area (Å²) in [6.07, 6.45) is 3.33. The zero-order chi connectivity index (χ0) is 16.9. The average molecular weight is 339 g/mol. The van der Waals surface area contributed by atoms with E-state index in [0.717, 1.165) is 16.3 Å². The molecule has 0 saturated heterocycles. The van der Waals surface area contributed by atoms with Gasteiger partial charge in [-0.3, -0.25) is 9.78 Å². The van der Waals surface area contributed by atoms with Gasteiger partial charge in [0.1, 0.15) is 22.2 Å². The van der Waals surface area contributed by atoms with Crippen molar-refractivity contribution in [3.8, 4) is 5.75 Å². The van der Waals surface area contributed by atoms with Crippen LogP contribution in [0.1, 0.15) is 25.9 Å². The van der Waals surface area contributed by atoms with Gasteiger partial charge in [0, 0.05) is 11.9 Å². The maximum Gasteiger partial charge on any atom is 0.267 e. The minimum Gasteiger partial charge on any atom is -0.485 e. The Labute approximate surface area is 144 Å². The van der Waals surface area contributed by atoms with Crippen LogP contribution >= 0.6 is 11.3 Å². The Morgan fingerprint density at radius 2 is 2.12 bits per heavy atom. The van der Waals surface area contributed by atoms with Crippen LogP contribution in [0.2, 0.25) is 0 Å². The lowest BCUT2D eigenvalue weighted by atomic mass is 10.2. The summed E-state index contributed by atoms with van der Waals surface area (Å²) in [6.45, 7) is 4.13. The lowest BCUT2D eigenvalue weighted by Crippen LogP contribution is -2.11. The molecule has 2 aromatic heterocycles. The van der Waals surface area contributed by atoms with Crippen LogP contribution in [0.5, 0.6) is 5.75 Å². The molecule has 0 bridgehead atoms. The summed E-state index contributed by atoms with van der Waals surface area (Å²) < 4.78 is 5.63. The lowest BCUT2D eigenvalue weighted by Gasteiger charge is -2.04. The molecule has 1 amide bonds. The minimum absolute atomic E-state index is 0.150. The molecule has 0 saturated carbocycles. The zero-order valence-corrected chi connectivity index (χ0v) is 14.3. The molecular formula is C18H17N3O2S. The molecule has 0 radical (unpaired) electrons. The highest BCUT2D eigenvalue weighted by Gasteiger charge is 2.16. The molecular weight excluding hydrogens is 322 g/mol. The number of thiazole rings is 1. The van der Waals surface area contributed by atoms with Crippen LogP contribution in [0.25, 0.3) is 0 Å². The van der Waals surface area contributed by atoms with Crippen molar-refractivity contribution >= 4 is 22.9 Å². The van der Waals surface area contributed by atoms with E-state index >= 15 is 0 Å². The Balaban J connectivity index is 1.68. The molecule has 2 heterocycles. The molecule has 24 heavy (non-hydrogen) atoms. The van der Waals surface area contributed by atoms with Crippen molar-refractivity contribution < 1.29 is 9.53 Å². The Morgan fingerprint density at radius 3 is 2.88 bits per heavy atom. The highest BCUT2D eigenvalue weighted by molar-refractivity contribution is 7.13. The van der Waals surface area contributed by atoms with Crippen molar-refractivity contribution in [2.24, 2.45) is 0 Å². The van der Waals surface area contributed by atoms with Crippen molar-refractivity contribution in [2.75, 3.05) is 5.32 Å². The summed E-state index contributed by atoms with van der Waals surface area (Å²) in [5, 5.41) is 3.66. The Bertz CT molecular complexity index is 846. The molecule has 1 aromatic carbocycles. The molecule has 3 aromatic rings. The van der Waals surface area contributed by atoms with Crippen molar-refractivity contribution in [2.45, 2.75) is 20.5 Å². The van der Waals surface area contributed by atoms with Crippen molar-refractivity contribution in [1.82, 2.24) is 9.97 Å². The van der Waals surface area contributed by atoms with Gasteiger partial charge < -0.3 is 10.1 Å². The number of rotatable bonds is 5. The summed E-state index contributed by atoms with van der Waals surface area (Å²) in [6, 6.07) is 11.3. The number of anilines is 1. The van der Waals surface area contributed by atoms with E-state index in [1.54, 1.807) is 12.4 Å². The molecule has 0 atom stereocenters. The lowest BCUT2D eigenvalue weighted by molar-refractivity contribution is 0.103. The Hall–Kier alpha value is -2.73. The van der Waals surface area contributed by atoms with Gasteiger partial charge in [-0.2, -0.15) is 0 Å². The van der Waals surface area contributed by atoms with E-state index in [4.69, 9.17) is 4.74 Å². The first-order chi connectivity index (χ1) is 11.6. The summed E-state index contributed by atoms with van der Waals surface area (Å²) in [7, 11) is 0. The van der Waals surface area contributed by atoms with Crippen molar-refractivity contribution in [3.05, 3.63) is 69.9 Å². The van der Waals surface area contributed by atoms with Gasteiger partial charge in [0.15, 0.2) is 0 Å². The fourth-order valence-corrected chi connectivity index (χ4v) is 3.09. The van der Waals surface area contributed by atoms with E-state index in [9.17, 15) is 4.79 Å². The van der Waals surface area contributed by atoms with E-state index in [-0.39, 0.29) is 5.91 Å². The number of ether oxygens (including phenoxy) is 1. The van der Waals surface area contributed by atoms with Gasteiger partial charge in [0.2, 0.25) is 0 Å². The number of amides is 1. The Kier molecular flexibility index (Phi) is 4.86. The van der Waals surface area contributed by atoms with E-state index in [1.165, 1.54) is 11.3 Å². The maximum atomic E-state index is 12.4. The second kappa shape index (κ2) is 7.23. The van der Waals surface area contributed by atoms with Crippen LogP contribution in [-0.2, 0) is 6.61 Å². The standard InChI is InChI=1S/C18H17N3O2S/c1-12-5-3-6-14(9-12)21-18(22)17-13(2)20-16(24-17)11-23-15-7-4-8-19-10-15/h3-10H,11H2,1-2H3,(H,21,22). The van der Waals surface area contributed by atoms with E-state index < -0.39 is 0 Å². The fourth-order valence-electron chi connectivity index (χ4n) is 2.21. The van der Waals surface area contributed by atoms with Crippen LogP contribution in [0.15, 0.2) is 48.8 Å². The number of pyridine rings is 1. The number of hydrogen-bond donors (Lipinski definition) is 1. The molecule has 0 aliphatic rings. The van der Waals surface area contributed by atoms with Gasteiger partial charge in [0.25, 0.3) is 5.91 Å². The number of carbonyl (C=O) groups excluding carboxylic acids is 1. The Morgan fingerprint density at radius 1 is 1.25 bits per heavy atom. The summed E-state index contributed by atoms with van der Waals surface area (Å²) >= 11 is 1.34. The number of benzene rings is 1. The van der Waals surface area contributed by atoms with Crippen molar-refractivity contribution in [3.63, 3.8) is 0 Å². The largest absolute Gasteiger partial charge is 0.485 e. The first-order valence-corrected chi connectivity index (χ1v) is 8.30. The van der Waals surface area contributed by atoms with Gasteiger partial charge in [-0.05, 0) is 43.7 Å². The first-order valence-electron chi connectivity index (χ1n) is 7.49. The fraction of sp³-hybridized carbons (Fsp3) is 0.167. The third-order valence-electron chi connectivity index (χ3n) is 3.32. The number of aryl methyl sites for hydroxylation is 2. The van der Waals surface area contributed by atoms with Crippen LogP contribution in [0, 0.1) is 13.8 Å². The molecule has 3 rings (SSSR count). The second-order valence-corrected chi connectivity index (χ2v) is 6.41. The molecule has 0 unspecified atom stereocenters. The zero-order valence-electron chi connectivity index (χ0n) is 13.4. The first kappa shape index (κ1) is 16.1. The molecule has 0 aliphatic carbocycles. The predicted octanol–water partition coefficient (Wildman–Crippen LogP) is 3.99. The number of hydrogen-bond acceptors (Lipinski definition) is 5. The van der Waals surface area contributed by atoms with E-state index in [0.29, 0.717) is 22.9 Å². The normalized spacial score (nSPS) is 10.4. The minimum atomic E-state index is -0.150. The van der Waals surface area contributed by atoms with Crippen LogP contribution in [-0.4, -0.2) is 15.9 Å². The van der Waals surface area contributed by atoms with Gasteiger partial charge in [-0.25, -0.2) is 4.98 Å². The third-order valence-corrected chi connectivity index (χ3v) is 4.45. The summed E-state index contributed by atoms with van der Waals surface area (Å²) in [5.41, 5.74) is 2.58. The van der Waals surface area contributed by atoms with Gasteiger partial charge >= 0.3 is 0 Å². The van der Waals surface area contributed by atoms with Gasteiger partial charge in [-0.15, -0.1) is 11.3 Å². The molecule has 122 valence electrons. The molecule has 0 fully saturated rings. The predicted molar refractivity (Wildman–Crippen MR) is 94.6 cm³/mol. The van der Waals surface area contributed by atoms with Gasteiger partial charge in [0.05, 0.1) is 11.9 Å². The SMILES string of the molecule is Cc1cccc(NC(=O)c2sc(COc3cccnc3)nc2C)c1. The molecule has 1 N–H and O–H groups in total. The number of nitrogens with one attached hydrogen (secondary N) is 1. The second-order valence-electron chi connectivity index (χ2n) is 5.32. The molecule has 6 heteroatoms. The topological polar surface area (TPSA) is 64.1 Å². The van der Waals surface area contributed by atoms with Gasteiger partial charge in [-0.1, -0.05) is 12.1 Å². The smallest absolute Gasteiger partial charge is 0.267 e. The molecule has 0 spiro atoms. The highest BCUT2D eigenvalue weighted by atomic mass is 32.1. The number of carbonyl (C=O) groups is 1. The molecule has 0 aliphatic heterocycles. The molecule has 5 nitrogen and oxygen atoms in total. The van der Waals surface area contributed by atoms with Crippen LogP contribution < -0.4 is 10.1 Å². The average Bonchev–Trinajstić information content (AvgIpc) is 2.95. The van der Waals surface area contributed by atoms with E-state index in [1.807, 2.05) is 50.2 Å². The van der Waals surface area contributed by atoms with Crippen LogP contribution in [0.3, 0.4) is 0 Å². The van der Waals surface area contributed by atoms with E-state index in [2.05, 4.69) is 15.3 Å². The quantitative estimate of drug-likeness (QED) is 0.763. The highest BCUT2D eigenvalue weighted by Crippen LogP contribution is 2.21. The van der Waals surface area contributed by atoms with Crippen molar-refractivity contribution in [1.29, 1.82) is 0 Å². The van der Waals surface area contributed by atoms with Crippen LogP contribution in [0.4, 0.5) is 5.69 Å².